The van der Waals surface area contributed by atoms with Gasteiger partial charge in [-0.1, -0.05) is 27.7 Å². The van der Waals surface area contributed by atoms with Crippen LogP contribution in [0.4, 0.5) is 5.82 Å². The van der Waals surface area contributed by atoms with Crippen LogP contribution >= 0.6 is 0 Å². The highest BCUT2D eigenvalue weighted by Crippen LogP contribution is 2.22. The van der Waals surface area contributed by atoms with Gasteiger partial charge in [0.1, 0.15) is 5.69 Å². The number of H-pyrrole nitrogens is 1. The lowest BCUT2D eigenvalue weighted by molar-refractivity contribution is 0.101. The molecule has 2 aromatic rings. The van der Waals surface area contributed by atoms with Crippen LogP contribution in [0, 0.1) is 0 Å². The monoisotopic (exact) mass is 289 g/mol. The van der Waals surface area contributed by atoms with Crippen molar-refractivity contribution in [3.8, 4) is 0 Å². The van der Waals surface area contributed by atoms with Gasteiger partial charge in [-0.2, -0.15) is 10.2 Å². The average Bonchev–Trinajstić information content (AvgIpc) is 3.03. The molecule has 0 atom stereocenters. The maximum atomic E-state index is 12.4. The summed E-state index contributed by atoms with van der Waals surface area (Å²) < 4.78 is 1.71. The number of aromatic amines is 1. The van der Waals surface area contributed by atoms with Crippen LogP contribution in [0.25, 0.3) is 0 Å². The van der Waals surface area contributed by atoms with Crippen molar-refractivity contribution in [2.75, 3.05) is 5.32 Å². The number of amides is 1. The Labute approximate surface area is 124 Å². The zero-order valence-electron chi connectivity index (χ0n) is 13.3. The van der Waals surface area contributed by atoms with Gasteiger partial charge in [-0.05, 0) is 19.4 Å². The Hall–Kier alpha value is -2.11. The predicted octanol–water partition coefficient (Wildman–Crippen LogP) is 2.74. The standard InChI is InChI=1S/C15H23N5O/c1-6-10-8-11(20(7-2)19-10)14(21)16-13-9-12(17-18-13)15(3,4)5/h8-9H,6-7H2,1-5H3,(H2,16,17,18,21). The van der Waals surface area contributed by atoms with E-state index in [1.165, 1.54) is 0 Å². The van der Waals surface area contributed by atoms with Gasteiger partial charge in [0.05, 0.1) is 5.69 Å². The first kappa shape index (κ1) is 15.3. The normalized spacial score (nSPS) is 11.7. The van der Waals surface area contributed by atoms with Gasteiger partial charge >= 0.3 is 0 Å². The first-order chi connectivity index (χ1) is 9.85. The van der Waals surface area contributed by atoms with Crippen molar-refractivity contribution in [3.05, 3.63) is 29.2 Å². The van der Waals surface area contributed by atoms with Crippen molar-refractivity contribution < 1.29 is 4.79 Å². The Kier molecular flexibility index (Phi) is 4.16. The maximum Gasteiger partial charge on any atom is 0.275 e. The smallest absolute Gasteiger partial charge is 0.275 e. The summed E-state index contributed by atoms with van der Waals surface area (Å²) in [6.45, 7) is 10.9. The highest BCUT2D eigenvalue weighted by molar-refractivity contribution is 6.02. The van der Waals surface area contributed by atoms with E-state index >= 15 is 0 Å². The van der Waals surface area contributed by atoms with Crippen molar-refractivity contribution in [1.29, 1.82) is 0 Å². The Morgan fingerprint density at radius 2 is 2.05 bits per heavy atom. The van der Waals surface area contributed by atoms with Crippen LogP contribution in [0.2, 0.25) is 0 Å². The molecule has 0 aliphatic rings. The lowest BCUT2D eigenvalue weighted by Crippen LogP contribution is -2.17. The first-order valence-corrected chi connectivity index (χ1v) is 7.29. The second-order valence-electron chi connectivity index (χ2n) is 6.06. The molecule has 0 aliphatic carbocycles. The highest BCUT2D eigenvalue weighted by atomic mass is 16.2. The SMILES string of the molecule is CCc1cc(C(=O)Nc2cc(C(C)(C)C)[nH]n2)n(CC)n1. The summed E-state index contributed by atoms with van der Waals surface area (Å²) in [7, 11) is 0. The minimum absolute atomic E-state index is 0.0312. The molecule has 0 saturated heterocycles. The summed E-state index contributed by atoms with van der Waals surface area (Å²) in [6.07, 6.45) is 0.809. The number of aryl methyl sites for hydroxylation is 2. The number of anilines is 1. The Morgan fingerprint density at radius 1 is 1.33 bits per heavy atom. The number of nitrogens with one attached hydrogen (secondary N) is 2. The van der Waals surface area contributed by atoms with Crippen molar-refractivity contribution in [1.82, 2.24) is 20.0 Å². The molecule has 21 heavy (non-hydrogen) atoms. The minimum atomic E-state index is -0.184. The number of carbonyl (C=O) groups is 1. The van der Waals surface area contributed by atoms with Gasteiger partial charge < -0.3 is 5.32 Å². The van der Waals surface area contributed by atoms with E-state index in [1.807, 2.05) is 26.0 Å². The molecule has 2 N–H and O–H groups in total. The summed E-state index contributed by atoms with van der Waals surface area (Å²) in [5.74, 6) is 0.350. The first-order valence-electron chi connectivity index (χ1n) is 7.29. The zero-order chi connectivity index (χ0) is 15.6. The molecule has 6 nitrogen and oxygen atoms in total. The molecule has 0 unspecified atom stereocenters. The molecule has 0 saturated carbocycles. The van der Waals surface area contributed by atoms with E-state index in [9.17, 15) is 4.79 Å². The number of nitrogens with zero attached hydrogens (tertiary/aromatic N) is 3. The molecule has 6 heteroatoms. The van der Waals surface area contributed by atoms with Crippen molar-refractivity contribution >= 4 is 11.7 Å². The topological polar surface area (TPSA) is 75.6 Å². The summed E-state index contributed by atoms with van der Waals surface area (Å²) in [5, 5.41) is 14.3. The lowest BCUT2D eigenvalue weighted by Gasteiger charge is -2.14. The molecule has 114 valence electrons. The fourth-order valence-electron chi connectivity index (χ4n) is 2.02. The molecule has 0 spiro atoms. The highest BCUT2D eigenvalue weighted by Gasteiger charge is 2.19. The summed E-state index contributed by atoms with van der Waals surface area (Å²) in [5.41, 5.74) is 2.43. The van der Waals surface area contributed by atoms with Crippen molar-refractivity contribution in [2.24, 2.45) is 0 Å². The molecule has 1 amide bonds. The number of aromatic nitrogens is 4. The van der Waals surface area contributed by atoms with E-state index in [4.69, 9.17) is 0 Å². The third-order valence-corrected chi connectivity index (χ3v) is 3.35. The summed E-state index contributed by atoms with van der Waals surface area (Å²) in [4.78, 5) is 12.4. The van der Waals surface area contributed by atoms with Gasteiger partial charge in [0.25, 0.3) is 5.91 Å². The lowest BCUT2D eigenvalue weighted by atomic mass is 9.92. The van der Waals surface area contributed by atoms with Gasteiger partial charge in [0.2, 0.25) is 0 Å². The quantitative estimate of drug-likeness (QED) is 0.908. The molecule has 2 rings (SSSR count). The van der Waals surface area contributed by atoms with Gasteiger partial charge in [-0.3, -0.25) is 14.6 Å². The molecular formula is C15H23N5O. The molecule has 0 aliphatic heterocycles. The largest absolute Gasteiger partial charge is 0.304 e. The Balaban J connectivity index is 2.18. The molecule has 0 aromatic carbocycles. The third-order valence-electron chi connectivity index (χ3n) is 3.35. The predicted molar refractivity (Wildman–Crippen MR) is 82.5 cm³/mol. The Morgan fingerprint density at radius 3 is 2.57 bits per heavy atom. The van der Waals surface area contributed by atoms with Crippen molar-refractivity contribution in [3.63, 3.8) is 0 Å². The van der Waals surface area contributed by atoms with Crippen LogP contribution < -0.4 is 5.32 Å². The maximum absolute atomic E-state index is 12.4. The molecule has 0 bridgehead atoms. The van der Waals surface area contributed by atoms with E-state index in [-0.39, 0.29) is 11.3 Å². The fourth-order valence-corrected chi connectivity index (χ4v) is 2.02. The van der Waals surface area contributed by atoms with E-state index in [1.54, 1.807) is 4.68 Å². The van der Waals surface area contributed by atoms with Crippen LogP contribution in [0.3, 0.4) is 0 Å². The molecule has 2 heterocycles. The van der Waals surface area contributed by atoms with Crippen molar-refractivity contribution in [2.45, 2.75) is 53.0 Å². The van der Waals surface area contributed by atoms with E-state index in [0.717, 1.165) is 17.8 Å². The minimum Gasteiger partial charge on any atom is -0.304 e. The summed E-state index contributed by atoms with van der Waals surface area (Å²) in [6, 6.07) is 3.70. The number of carbonyl (C=O) groups excluding carboxylic acids is 1. The van der Waals surface area contributed by atoms with Gasteiger partial charge in [-0.15, -0.1) is 0 Å². The summed E-state index contributed by atoms with van der Waals surface area (Å²) >= 11 is 0. The third kappa shape index (κ3) is 3.32. The van der Waals surface area contributed by atoms with Crippen LogP contribution in [-0.4, -0.2) is 25.9 Å². The number of rotatable bonds is 4. The van der Waals surface area contributed by atoms with Crippen LogP contribution in [0.5, 0.6) is 0 Å². The molecular weight excluding hydrogens is 266 g/mol. The number of hydrogen-bond donors (Lipinski definition) is 2. The molecule has 0 radical (unpaired) electrons. The van der Waals surface area contributed by atoms with Crippen LogP contribution in [0.1, 0.15) is 56.5 Å². The van der Waals surface area contributed by atoms with Crippen LogP contribution in [0.15, 0.2) is 12.1 Å². The van der Waals surface area contributed by atoms with Gasteiger partial charge in [0, 0.05) is 23.7 Å². The van der Waals surface area contributed by atoms with Gasteiger partial charge in [-0.25, -0.2) is 0 Å². The Bertz CT molecular complexity index is 633. The molecule has 0 fully saturated rings. The average molecular weight is 289 g/mol. The van der Waals surface area contributed by atoms with E-state index in [2.05, 4.69) is 41.4 Å². The number of hydrogen-bond acceptors (Lipinski definition) is 3. The van der Waals surface area contributed by atoms with Gasteiger partial charge in [0.15, 0.2) is 5.82 Å². The zero-order valence-corrected chi connectivity index (χ0v) is 13.3. The second kappa shape index (κ2) is 5.71. The van der Waals surface area contributed by atoms with Crippen LogP contribution in [-0.2, 0) is 18.4 Å². The van der Waals surface area contributed by atoms with E-state index < -0.39 is 0 Å². The second-order valence-corrected chi connectivity index (χ2v) is 6.06. The molecule has 2 aromatic heterocycles. The fraction of sp³-hybridized carbons (Fsp3) is 0.533. The van der Waals surface area contributed by atoms with E-state index in [0.29, 0.717) is 18.1 Å².